The summed E-state index contributed by atoms with van der Waals surface area (Å²) in [6.45, 7) is 1.51. The minimum Gasteiger partial charge on any atom is -0.481 e. The highest BCUT2D eigenvalue weighted by atomic mass is 16.4. The number of aliphatic carboxylic acids is 1. The smallest absolute Gasteiger partial charge is 0.304 e. The highest BCUT2D eigenvalue weighted by molar-refractivity contribution is 5.78. The lowest BCUT2D eigenvalue weighted by Crippen LogP contribution is -2.52. The summed E-state index contributed by atoms with van der Waals surface area (Å²) in [7, 11) is 0. The lowest BCUT2D eigenvalue weighted by Gasteiger charge is -2.44. The highest BCUT2D eigenvalue weighted by Crippen LogP contribution is 2.35. The largest absolute Gasteiger partial charge is 0.481 e. The molecule has 0 bridgehead atoms. The molecule has 5 nitrogen and oxygen atoms in total. The van der Waals surface area contributed by atoms with E-state index in [1.165, 1.54) is 25.7 Å². The van der Waals surface area contributed by atoms with Crippen molar-refractivity contribution in [3.63, 3.8) is 0 Å². The molecule has 1 amide bonds. The van der Waals surface area contributed by atoms with E-state index in [0.717, 1.165) is 19.4 Å². The molecule has 0 aromatic rings. The number of carbonyl (C=O) groups excluding carboxylic acids is 1. The quantitative estimate of drug-likeness (QED) is 0.736. The Balaban J connectivity index is 1.78. The lowest BCUT2D eigenvalue weighted by molar-refractivity contribution is -0.138. The van der Waals surface area contributed by atoms with Gasteiger partial charge in [0.1, 0.15) is 0 Å². The molecule has 2 fully saturated rings. The molecule has 0 radical (unpaired) electrons. The topological polar surface area (TPSA) is 69.6 Å². The van der Waals surface area contributed by atoms with Crippen LogP contribution in [0.3, 0.4) is 0 Å². The van der Waals surface area contributed by atoms with E-state index in [0.29, 0.717) is 18.5 Å². The second-order valence-electron chi connectivity index (χ2n) is 5.66. The van der Waals surface area contributed by atoms with Gasteiger partial charge in [-0.25, -0.2) is 0 Å². The van der Waals surface area contributed by atoms with Crippen molar-refractivity contribution in [3.05, 3.63) is 0 Å². The van der Waals surface area contributed by atoms with Crippen LogP contribution < -0.4 is 5.32 Å². The zero-order chi connectivity index (χ0) is 13.7. The van der Waals surface area contributed by atoms with Crippen LogP contribution in [-0.4, -0.2) is 47.6 Å². The lowest BCUT2D eigenvalue weighted by atomic mass is 9.78. The number of carboxylic acid groups (broad SMARTS) is 1. The standard InChI is InChI=1S/C14H24N2O3/c17-13(10-15-8-7-14(18)19)16-9-3-5-11-4-1-2-6-12(11)16/h11-12,15H,1-10H2,(H,18,19). The third-order valence-electron chi connectivity index (χ3n) is 4.36. The van der Waals surface area contributed by atoms with Gasteiger partial charge in [-0.3, -0.25) is 9.59 Å². The molecule has 1 saturated carbocycles. The molecule has 0 spiro atoms. The number of nitrogens with zero attached hydrogens (tertiary/aromatic N) is 1. The van der Waals surface area contributed by atoms with Crippen molar-refractivity contribution in [2.75, 3.05) is 19.6 Å². The fourth-order valence-electron chi connectivity index (χ4n) is 3.43. The van der Waals surface area contributed by atoms with Crippen LogP contribution in [0.25, 0.3) is 0 Å². The number of nitrogens with one attached hydrogen (secondary N) is 1. The van der Waals surface area contributed by atoms with E-state index in [1.807, 2.05) is 4.90 Å². The summed E-state index contributed by atoms with van der Waals surface area (Å²) in [6, 6.07) is 0.441. The van der Waals surface area contributed by atoms with Crippen LogP contribution in [0.4, 0.5) is 0 Å². The molecule has 0 aromatic carbocycles. The Morgan fingerprint density at radius 2 is 1.89 bits per heavy atom. The van der Waals surface area contributed by atoms with Crippen LogP contribution in [0.15, 0.2) is 0 Å². The van der Waals surface area contributed by atoms with Crippen LogP contribution in [0, 0.1) is 5.92 Å². The number of rotatable bonds is 5. The Kier molecular flexibility index (Phi) is 5.19. The van der Waals surface area contributed by atoms with Crippen molar-refractivity contribution in [3.8, 4) is 0 Å². The molecule has 0 aromatic heterocycles. The SMILES string of the molecule is O=C(O)CCNCC(=O)N1CCCC2CCCCC21. The molecule has 19 heavy (non-hydrogen) atoms. The number of fused-ring (bicyclic) bond motifs is 1. The maximum absolute atomic E-state index is 12.2. The number of carboxylic acids is 1. The first-order valence-electron chi connectivity index (χ1n) is 7.40. The third-order valence-corrected chi connectivity index (χ3v) is 4.36. The molecule has 1 heterocycles. The van der Waals surface area contributed by atoms with Crippen molar-refractivity contribution in [2.24, 2.45) is 5.92 Å². The number of likely N-dealkylation sites (tertiary alicyclic amines) is 1. The molecular weight excluding hydrogens is 244 g/mol. The van der Waals surface area contributed by atoms with E-state index in [4.69, 9.17) is 5.11 Å². The van der Waals surface area contributed by atoms with Gasteiger partial charge < -0.3 is 15.3 Å². The van der Waals surface area contributed by atoms with Crippen molar-refractivity contribution < 1.29 is 14.7 Å². The summed E-state index contributed by atoms with van der Waals surface area (Å²) in [5.74, 6) is 0.0118. The molecule has 1 saturated heterocycles. The first-order valence-corrected chi connectivity index (χ1v) is 7.40. The van der Waals surface area contributed by atoms with Gasteiger partial charge >= 0.3 is 5.97 Å². The Morgan fingerprint density at radius 1 is 1.16 bits per heavy atom. The summed E-state index contributed by atoms with van der Waals surface area (Å²) < 4.78 is 0. The maximum Gasteiger partial charge on any atom is 0.304 e. The zero-order valence-corrected chi connectivity index (χ0v) is 11.4. The Morgan fingerprint density at radius 3 is 2.68 bits per heavy atom. The predicted octanol–water partition coefficient (Wildman–Crippen LogP) is 1.23. The van der Waals surface area contributed by atoms with Crippen LogP contribution in [-0.2, 0) is 9.59 Å². The van der Waals surface area contributed by atoms with Crippen molar-refractivity contribution in [1.82, 2.24) is 10.2 Å². The normalized spacial score (nSPS) is 26.8. The third kappa shape index (κ3) is 3.93. The minimum absolute atomic E-state index is 0.0688. The van der Waals surface area contributed by atoms with E-state index < -0.39 is 5.97 Å². The molecule has 2 N–H and O–H groups in total. The first-order chi connectivity index (χ1) is 9.18. The minimum atomic E-state index is -0.828. The molecule has 108 valence electrons. The number of amides is 1. The summed E-state index contributed by atoms with van der Waals surface area (Å²) >= 11 is 0. The second-order valence-corrected chi connectivity index (χ2v) is 5.66. The molecule has 1 aliphatic carbocycles. The van der Waals surface area contributed by atoms with Crippen molar-refractivity contribution in [2.45, 2.75) is 51.0 Å². The predicted molar refractivity (Wildman–Crippen MR) is 71.8 cm³/mol. The molecule has 2 rings (SSSR count). The van der Waals surface area contributed by atoms with E-state index in [1.54, 1.807) is 0 Å². The average molecular weight is 268 g/mol. The summed E-state index contributed by atoms with van der Waals surface area (Å²) in [6.07, 6.45) is 7.39. The van der Waals surface area contributed by atoms with Gasteiger partial charge in [-0.2, -0.15) is 0 Å². The zero-order valence-electron chi connectivity index (χ0n) is 11.4. The van der Waals surface area contributed by atoms with Crippen LogP contribution in [0.1, 0.15) is 44.9 Å². The molecular formula is C14H24N2O3. The van der Waals surface area contributed by atoms with E-state index in [2.05, 4.69) is 5.32 Å². The van der Waals surface area contributed by atoms with Gasteiger partial charge in [-0.15, -0.1) is 0 Å². The number of hydrogen-bond acceptors (Lipinski definition) is 3. The van der Waals surface area contributed by atoms with Crippen molar-refractivity contribution in [1.29, 1.82) is 0 Å². The van der Waals surface area contributed by atoms with Crippen LogP contribution in [0.5, 0.6) is 0 Å². The summed E-state index contributed by atoms with van der Waals surface area (Å²) in [4.78, 5) is 24.7. The van der Waals surface area contributed by atoms with Crippen LogP contribution >= 0.6 is 0 Å². The molecule has 1 aliphatic heterocycles. The van der Waals surface area contributed by atoms with Gasteiger partial charge in [0.15, 0.2) is 0 Å². The van der Waals surface area contributed by atoms with E-state index in [9.17, 15) is 9.59 Å². The summed E-state index contributed by atoms with van der Waals surface area (Å²) in [5, 5.41) is 11.5. The van der Waals surface area contributed by atoms with Gasteiger partial charge in [0, 0.05) is 19.1 Å². The fraction of sp³-hybridized carbons (Fsp3) is 0.857. The first kappa shape index (κ1) is 14.3. The van der Waals surface area contributed by atoms with Crippen molar-refractivity contribution >= 4 is 11.9 Å². The van der Waals surface area contributed by atoms with Gasteiger partial charge in [0.2, 0.25) is 5.91 Å². The molecule has 5 heteroatoms. The average Bonchev–Trinajstić information content (AvgIpc) is 2.42. The second kappa shape index (κ2) is 6.89. The number of hydrogen-bond donors (Lipinski definition) is 2. The summed E-state index contributed by atoms with van der Waals surface area (Å²) in [5.41, 5.74) is 0. The Labute approximate surface area is 114 Å². The van der Waals surface area contributed by atoms with Gasteiger partial charge in [-0.05, 0) is 31.6 Å². The van der Waals surface area contributed by atoms with Gasteiger partial charge in [0.25, 0.3) is 0 Å². The van der Waals surface area contributed by atoms with Gasteiger partial charge in [-0.1, -0.05) is 12.8 Å². The van der Waals surface area contributed by atoms with Crippen LogP contribution in [0.2, 0.25) is 0 Å². The maximum atomic E-state index is 12.2. The fourth-order valence-corrected chi connectivity index (χ4v) is 3.43. The monoisotopic (exact) mass is 268 g/mol. The Hall–Kier alpha value is -1.10. The molecule has 2 aliphatic rings. The molecule has 2 unspecified atom stereocenters. The molecule has 2 atom stereocenters. The number of piperidine rings is 1. The Bertz CT molecular complexity index is 331. The number of carbonyl (C=O) groups is 2. The highest BCUT2D eigenvalue weighted by Gasteiger charge is 2.35. The van der Waals surface area contributed by atoms with Gasteiger partial charge in [0.05, 0.1) is 13.0 Å². The van der Waals surface area contributed by atoms with E-state index in [-0.39, 0.29) is 18.9 Å². The van der Waals surface area contributed by atoms with E-state index >= 15 is 0 Å².